The van der Waals surface area contributed by atoms with Gasteiger partial charge in [-0.15, -0.1) is 0 Å². The van der Waals surface area contributed by atoms with Gasteiger partial charge in [0.25, 0.3) is 0 Å². The van der Waals surface area contributed by atoms with Gasteiger partial charge >= 0.3 is 5.97 Å². The van der Waals surface area contributed by atoms with Crippen molar-refractivity contribution in [3.8, 4) is 0 Å². The van der Waals surface area contributed by atoms with Crippen molar-refractivity contribution in [1.82, 2.24) is 0 Å². The molecule has 98 valence electrons. The Morgan fingerprint density at radius 3 is 2.29 bits per heavy atom. The van der Waals surface area contributed by atoms with Crippen LogP contribution in [0.15, 0.2) is 23.3 Å². The number of carbonyl (C=O) groups is 1. The number of hydrogen-bond acceptors (Lipinski definition) is 3. The molecule has 0 aliphatic heterocycles. The van der Waals surface area contributed by atoms with E-state index in [0.717, 1.165) is 12.8 Å². The van der Waals surface area contributed by atoms with Gasteiger partial charge in [0.1, 0.15) is 6.61 Å². The number of hydrogen-bond donors (Lipinski definition) is 1. The van der Waals surface area contributed by atoms with Crippen LogP contribution in [-0.2, 0) is 9.53 Å². The molecule has 0 aromatic heterocycles. The van der Waals surface area contributed by atoms with Crippen LogP contribution in [-0.4, -0.2) is 23.3 Å². The molecule has 1 N–H and O–H groups in total. The maximum atomic E-state index is 11.2. The first-order valence-electron chi connectivity index (χ1n) is 5.92. The minimum atomic E-state index is -1.41. The number of ether oxygens (including phenoxy) is 1. The molecule has 17 heavy (non-hydrogen) atoms. The molecule has 0 unspecified atom stereocenters. The highest BCUT2D eigenvalue weighted by Crippen LogP contribution is 2.08. The van der Waals surface area contributed by atoms with Gasteiger partial charge in [-0.2, -0.15) is 0 Å². The van der Waals surface area contributed by atoms with Crippen LogP contribution < -0.4 is 0 Å². The summed E-state index contributed by atoms with van der Waals surface area (Å²) in [6, 6.07) is 0. The Hall–Kier alpha value is -1.09. The standard InChI is InChI=1S/C14H24O3/c1-11(2)7-6-8-12(3)9-10-17-13(15)14(4,5)16/h7,9,16H,6,8,10H2,1-5H3. The highest BCUT2D eigenvalue weighted by Gasteiger charge is 2.24. The zero-order valence-corrected chi connectivity index (χ0v) is 11.5. The Kier molecular flexibility index (Phi) is 6.81. The van der Waals surface area contributed by atoms with Gasteiger partial charge in [0.15, 0.2) is 5.60 Å². The van der Waals surface area contributed by atoms with Crippen molar-refractivity contribution in [2.45, 2.75) is 53.1 Å². The fraction of sp³-hybridized carbons (Fsp3) is 0.643. The average molecular weight is 240 g/mol. The van der Waals surface area contributed by atoms with Gasteiger partial charge in [0, 0.05) is 0 Å². The normalized spacial score (nSPS) is 12.2. The van der Waals surface area contributed by atoms with Crippen LogP contribution in [0.25, 0.3) is 0 Å². The highest BCUT2D eigenvalue weighted by atomic mass is 16.5. The largest absolute Gasteiger partial charge is 0.459 e. The lowest BCUT2D eigenvalue weighted by Crippen LogP contribution is -2.33. The molecule has 0 aromatic carbocycles. The molecule has 0 rings (SSSR count). The van der Waals surface area contributed by atoms with E-state index in [1.165, 1.54) is 25.0 Å². The number of carbonyl (C=O) groups excluding carboxylic acids is 1. The average Bonchev–Trinajstić information content (AvgIpc) is 2.15. The van der Waals surface area contributed by atoms with Crippen molar-refractivity contribution >= 4 is 5.97 Å². The second kappa shape index (κ2) is 7.28. The van der Waals surface area contributed by atoms with E-state index in [4.69, 9.17) is 4.74 Å². The van der Waals surface area contributed by atoms with E-state index in [0.29, 0.717) is 0 Å². The molecular weight excluding hydrogens is 216 g/mol. The lowest BCUT2D eigenvalue weighted by atomic mass is 10.1. The molecule has 0 aliphatic carbocycles. The van der Waals surface area contributed by atoms with E-state index >= 15 is 0 Å². The summed E-state index contributed by atoms with van der Waals surface area (Å²) in [7, 11) is 0. The molecule has 3 nitrogen and oxygen atoms in total. The van der Waals surface area contributed by atoms with Crippen LogP contribution >= 0.6 is 0 Å². The van der Waals surface area contributed by atoms with Crippen molar-refractivity contribution in [3.05, 3.63) is 23.3 Å². The predicted molar refractivity (Wildman–Crippen MR) is 69.7 cm³/mol. The second-order valence-corrected chi connectivity index (χ2v) is 5.03. The molecular formula is C14H24O3. The van der Waals surface area contributed by atoms with E-state index in [-0.39, 0.29) is 6.61 Å². The number of rotatable bonds is 6. The summed E-state index contributed by atoms with van der Waals surface area (Å²) < 4.78 is 4.92. The van der Waals surface area contributed by atoms with Gasteiger partial charge in [0.05, 0.1) is 0 Å². The van der Waals surface area contributed by atoms with Gasteiger partial charge in [-0.25, -0.2) is 4.79 Å². The minimum Gasteiger partial charge on any atom is -0.459 e. The second-order valence-electron chi connectivity index (χ2n) is 5.03. The lowest BCUT2D eigenvalue weighted by Gasteiger charge is -2.14. The summed E-state index contributed by atoms with van der Waals surface area (Å²) in [4.78, 5) is 11.2. The van der Waals surface area contributed by atoms with Crippen molar-refractivity contribution in [1.29, 1.82) is 0 Å². The molecule has 0 radical (unpaired) electrons. The molecule has 0 spiro atoms. The zero-order chi connectivity index (χ0) is 13.5. The summed E-state index contributed by atoms with van der Waals surface area (Å²) in [6.45, 7) is 9.22. The van der Waals surface area contributed by atoms with Crippen LogP contribution in [0.4, 0.5) is 0 Å². The van der Waals surface area contributed by atoms with Gasteiger partial charge in [-0.1, -0.05) is 17.2 Å². The number of aliphatic hydroxyl groups is 1. The SMILES string of the molecule is CC(C)=CCCC(C)=CCOC(=O)C(C)(C)O. The first kappa shape index (κ1) is 15.9. The Morgan fingerprint density at radius 2 is 1.82 bits per heavy atom. The molecule has 0 saturated carbocycles. The summed E-state index contributed by atoms with van der Waals surface area (Å²) in [6.07, 6.45) is 6.03. The van der Waals surface area contributed by atoms with Crippen molar-refractivity contribution in [3.63, 3.8) is 0 Å². The van der Waals surface area contributed by atoms with E-state index in [1.807, 2.05) is 13.0 Å². The van der Waals surface area contributed by atoms with E-state index in [2.05, 4.69) is 19.9 Å². The summed E-state index contributed by atoms with van der Waals surface area (Å²) in [5, 5.41) is 9.35. The summed E-state index contributed by atoms with van der Waals surface area (Å²) >= 11 is 0. The molecule has 0 aliphatic rings. The highest BCUT2D eigenvalue weighted by molar-refractivity contribution is 5.78. The van der Waals surface area contributed by atoms with E-state index in [9.17, 15) is 9.90 Å². The fourth-order valence-corrected chi connectivity index (χ4v) is 1.13. The summed E-state index contributed by atoms with van der Waals surface area (Å²) in [5.41, 5.74) is 1.08. The van der Waals surface area contributed by atoms with Crippen LogP contribution in [0.5, 0.6) is 0 Å². The topological polar surface area (TPSA) is 46.5 Å². The zero-order valence-electron chi connectivity index (χ0n) is 11.5. The van der Waals surface area contributed by atoms with Crippen LogP contribution in [0.1, 0.15) is 47.5 Å². The molecule has 0 fully saturated rings. The fourth-order valence-electron chi connectivity index (χ4n) is 1.13. The Balaban J connectivity index is 3.93. The first-order valence-corrected chi connectivity index (χ1v) is 5.92. The van der Waals surface area contributed by atoms with Gasteiger partial charge in [0.2, 0.25) is 0 Å². The van der Waals surface area contributed by atoms with Gasteiger partial charge in [-0.3, -0.25) is 0 Å². The smallest absolute Gasteiger partial charge is 0.337 e. The van der Waals surface area contributed by atoms with Crippen LogP contribution in [0.3, 0.4) is 0 Å². The third-order valence-corrected chi connectivity index (χ3v) is 2.24. The third kappa shape index (κ3) is 8.69. The quantitative estimate of drug-likeness (QED) is 0.573. The Bertz CT molecular complexity index is 302. The molecule has 0 bridgehead atoms. The van der Waals surface area contributed by atoms with Crippen LogP contribution in [0, 0.1) is 0 Å². The molecule has 0 saturated heterocycles. The van der Waals surface area contributed by atoms with Crippen molar-refractivity contribution < 1.29 is 14.6 Å². The van der Waals surface area contributed by atoms with Crippen LogP contribution in [0.2, 0.25) is 0 Å². The monoisotopic (exact) mass is 240 g/mol. The lowest BCUT2D eigenvalue weighted by molar-refractivity contribution is -0.160. The Morgan fingerprint density at radius 1 is 1.24 bits per heavy atom. The molecule has 3 heteroatoms. The van der Waals surface area contributed by atoms with Gasteiger partial charge < -0.3 is 9.84 Å². The van der Waals surface area contributed by atoms with Crippen molar-refractivity contribution in [2.24, 2.45) is 0 Å². The maximum absolute atomic E-state index is 11.2. The van der Waals surface area contributed by atoms with E-state index < -0.39 is 11.6 Å². The molecule has 0 aromatic rings. The number of esters is 1. The number of allylic oxidation sites excluding steroid dienone is 3. The third-order valence-electron chi connectivity index (χ3n) is 2.24. The summed E-state index contributed by atoms with van der Waals surface area (Å²) in [5.74, 6) is -0.592. The van der Waals surface area contributed by atoms with E-state index in [1.54, 1.807) is 0 Å². The molecule has 0 amide bonds. The predicted octanol–water partition coefficient (Wildman–Crippen LogP) is 2.99. The Labute approximate surface area is 104 Å². The maximum Gasteiger partial charge on any atom is 0.337 e. The first-order chi connectivity index (χ1) is 7.73. The minimum absolute atomic E-state index is 0.226. The van der Waals surface area contributed by atoms with Crippen molar-refractivity contribution in [2.75, 3.05) is 6.61 Å². The molecule has 0 heterocycles. The molecule has 0 atom stereocenters. The van der Waals surface area contributed by atoms with Gasteiger partial charge in [-0.05, 0) is 53.5 Å².